The third kappa shape index (κ3) is 5.26. The maximum absolute atomic E-state index is 13.0. The number of rotatable bonds is 5. The molecule has 0 amide bonds. The molecule has 0 aliphatic carbocycles. The average molecular weight is 446 g/mol. The van der Waals surface area contributed by atoms with Crippen LogP contribution in [0.1, 0.15) is 11.1 Å². The van der Waals surface area contributed by atoms with Gasteiger partial charge in [0.15, 0.2) is 5.11 Å². The molecule has 0 radical (unpaired) electrons. The molecule has 0 aliphatic heterocycles. The zero-order chi connectivity index (χ0) is 21.0. The van der Waals surface area contributed by atoms with Crippen LogP contribution in [0.3, 0.4) is 0 Å². The maximum Gasteiger partial charge on any atom is 0.264 e. The van der Waals surface area contributed by atoms with Gasteiger partial charge in [0, 0.05) is 5.69 Å². The highest BCUT2D eigenvalue weighted by Gasteiger charge is 2.21. The van der Waals surface area contributed by atoms with E-state index >= 15 is 0 Å². The Kier molecular flexibility index (Phi) is 6.42. The van der Waals surface area contributed by atoms with Crippen LogP contribution >= 0.6 is 23.8 Å². The molecule has 0 saturated heterocycles. The summed E-state index contributed by atoms with van der Waals surface area (Å²) in [6.45, 7) is 3.78. The van der Waals surface area contributed by atoms with Crippen molar-refractivity contribution >= 4 is 56.0 Å². The molecule has 3 rings (SSSR count). The summed E-state index contributed by atoms with van der Waals surface area (Å²) in [5, 5.41) is 6.69. The van der Waals surface area contributed by atoms with Crippen LogP contribution in [0.25, 0.3) is 0 Å². The van der Waals surface area contributed by atoms with Crippen LogP contribution < -0.4 is 15.4 Å². The number of aryl methyl sites for hydroxylation is 2. The Hall–Kier alpha value is -2.61. The molecule has 0 spiro atoms. The molecule has 3 N–H and O–H groups in total. The average Bonchev–Trinajstić information content (AvgIpc) is 2.67. The van der Waals surface area contributed by atoms with Crippen molar-refractivity contribution < 1.29 is 8.42 Å². The molecule has 0 unspecified atom stereocenters. The molecular formula is C21H20ClN3O2S2. The number of nitrogens with one attached hydrogen (secondary N) is 3. The molecule has 3 aromatic carbocycles. The van der Waals surface area contributed by atoms with Gasteiger partial charge in [0.2, 0.25) is 0 Å². The fourth-order valence-electron chi connectivity index (χ4n) is 2.69. The standard InChI is InChI=1S/C21H20ClN3O2S2/c1-14-11-12-19(24-21(28)23-17-9-5-3-7-15(17)2)20(13-14)29(26,27)25-18-10-6-4-8-16(18)22/h3-13,25H,1-2H3,(H2,23,24,28). The smallest absolute Gasteiger partial charge is 0.264 e. The summed E-state index contributed by atoms with van der Waals surface area (Å²) in [5.41, 5.74) is 3.33. The quantitative estimate of drug-likeness (QED) is 0.448. The van der Waals surface area contributed by atoms with Crippen molar-refractivity contribution in [1.82, 2.24) is 0 Å². The first kappa shape index (κ1) is 21.1. The van der Waals surface area contributed by atoms with E-state index in [2.05, 4.69) is 15.4 Å². The minimum atomic E-state index is -3.90. The van der Waals surface area contributed by atoms with Gasteiger partial charge in [0.25, 0.3) is 10.0 Å². The molecule has 0 aromatic heterocycles. The lowest BCUT2D eigenvalue weighted by Crippen LogP contribution is -2.22. The monoisotopic (exact) mass is 445 g/mol. The third-order valence-corrected chi connectivity index (χ3v) is 6.13. The number of thiocarbonyl (C=S) groups is 1. The van der Waals surface area contributed by atoms with E-state index in [0.29, 0.717) is 16.4 Å². The number of sulfonamides is 1. The SMILES string of the molecule is Cc1ccc(NC(=S)Nc2ccccc2C)c(S(=O)(=O)Nc2ccccc2Cl)c1. The van der Waals surface area contributed by atoms with Crippen molar-refractivity contribution in [1.29, 1.82) is 0 Å². The first-order chi connectivity index (χ1) is 13.8. The van der Waals surface area contributed by atoms with E-state index in [1.165, 1.54) is 0 Å². The zero-order valence-corrected chi connectivity index (χ0v) is 18.3. The largest absolute Gasteiger partial charge is 0.332 e. The summed E-state index contributed by atoms with van der Waals surface area (Å²) in [4.78, 5) is 0.0753. The Labute approximate surface area is 181 Å². The van der Waals surface area contributed by atoms with Gasteiger partial charge in [-0.15, -0.1) is 0 Å². The van der Waals surface area contributed by atoms with Crippen molar-refractivity contribution in [3.8, 4) is 0 Å². The molecule has 3 aromatic rings. The highest BCUT2D eigenvalue weighted by Crippen LogP contribution is 2.28. The molecular weight excluding hydrogens is 426 g/mol. The maximum atomic E-state index is 13.0. The van der Waals surface area contributed by atoms with Gasteiger partial charge in [-0.1, -0.05) is 48.0 Å². The van der Waals surface area contributed by atoms with Crippen LogP contribution in [0, 0.1) is 13.8 Å². The predicted molar refractivity (Wildman–Crippen MR) is 124 cm³/mol. The molecule has 29 heavy (non-hydrogen) atoms. The first-order valence-electron chi connectivity index (χ1n) is 8.78. The van der Waals surface area contributed by atoms with Crippen molar-refractivity contribution in [2.75, 3.05) is 15.4 Å². The summed E-state index contributed by atoms with van der Waals surface area (Å²) in [6.07, 6.45) is 0. The molecule has 0 aliphatic rings. The number of halogens is 1. The number of benzene rings is 3. The van der Waals surface area contributed by atoms with E-state index in [9.17, 15) is 8.42 Å². The molecule has 0 fully saturated rings. The lowest BCUT2D eigenvalue weighted by Gasteiger charge is -2.17. The van der Waals surface area contributed by atoms with E-state index in [0.717, 1.165) is 16.8 Å². The molecule has 8 heteroatoms. The summed E-state index contributed by atoms with van der Waals surface area (Å²) in [5.74, 6) is 0. The second-order valence-corrected chi connectivity index (χ2v) is 8.95. The van der Waals surface area contributed by atoms with E-state index in [-0.39, 0.29) is 10.0 Å². The van der Waals surface area contributed by atoms with Gasteiger partial charge in [0.05, 0.1) is 16.4 Å². The second-order valence-electron chi connectivity index (χ2n) is 6.48. The van der Waals surface area contributed by atoms with Crippen LogP contribution in [-0.2, 0) is 10.0 Å². The second kappa shape index (κ2) is 8.82. The van der Waals surface area contributed by atoms with Crippen molar-refractivity contribution in [3.05, 3.63) is 82.9 Å². The molecule has 0 heterocycles. The van der Waals surface area contributed by atoms with Gasteiger partial charge >= 0.3 is 0 Å². The summed E-state index contributed by atoms with van der Waals surface area (Å²) < 4.78 is 28.6. The van der Waals surface area contributed by atoms with Gasteiger partial charge in [0.1, 0.15) is 4.90 Å². The summed E-state index contributed by atoms with van der Waals surface area (Å²) >= 11 is 11.5. The molecule has 0 atom stereocenters. The van der Waals surface area contributed by atoms with E-state index in [1.54, 1.807) is 36.4 Å². The summed E-state index contributed by atoms with van der Waals surface area (Å²) in [7, 11) is -3.90. The van der Waals surface area contributed by atoms with Crippen molar-refractivity contribution in [3.63, 3.8) is 0 Å². The Bertz CT molecular complexity index is 1160. The van der Waals surface area contributed by atoms with Crippen LogP contribution in [0.5, 0.6) is 0 Å². The van der Waals surface area contributed by atoms with Crippen LogP contribution in [0.2, 0.25) is 5.02 Å². The number of hydrogen-bond acceptors (Lipinski definition) is 3. The topological polar surface area (TPSA) is 70.2 Å². The third-order valence-electron chi connectivity index (χ3n) is 4.19. The Balaban J connectivity index is 1.88. The normalized spacial score (nSPS) is 11.0. The minimum Gasteiger partial charge on any atom is -0.332 e. The minimum absolute atomic E-state index is 0.0753. The summed E-state index contributed by atoms with van der Waals surface area (Å²) in [6, 6.07) is 19.4. The Morgan fingerprint density at radius 1 is 0.862 bits per heavy atom. The Morgan fingerprint density at radius 2 is 1.48 bits per heavy atom. The highest BCUT2D eigenvalue weighted by molar-refractivity contribution is 7.93. The van der Waals surface area contributed by atoms with Gasteiger partial charge in [-0.25, -0.2) is 8.42 Å². The molecule has 150 valence electrons. The van der Waals surface area contributed by atoms with Gasteiger partial charge in [-0.05, 0) is 67.5 Å². The Morgan fingerprint density at radius 3 is 2.17 bits per heavy atom. The lowest BCUT2D eigenvalue weighted by molar-refractivity contribution is 0.601. The zero-order valence-electron chi connectivity index (χ0n) is 15.9. The van der Waals surface area contributed by atoms with E-state index < -0.39 is 10.0 Å². The van der Waals surface area contributed by atoms with Crippen LogP contribution in [-0.4, -0.2) is 13.5 Å². The van der Waals surface area contributed by atoms with Gasteiger partial charge < -0.3 is 10.6 Å². The molecule has 0 saturated carbocycles. The molecule has 0 bridgehead atoms. The number of hydrogen-bond donors (Lipinski definition) is 3. The van der Waals surface area contributed by atoms with Crippen LogP contribution in [0.15, 0.2) is 71.6 Å². The van der Waals surface area contributed by atoms with E-state index in [1.807, 2.05) is 44.2 Å². The van der Waals surface area contributed by atoms with Gasteiger partial charge in [-0.2, -0.15) is 0 Å². The molecule has 5 nitrogen and oxygen atoms in total. The van der Waals surface area contributed by atoms with Crippen molar-refractivity contribution in [2.45, 2.75) is 18.7 Å². The van der Waals surface area contributed by atoms with Crippen LogP contribution in [0.4, 0.5) is 17.1 Å². The fourth-order valence-corrected chi connectivity index (χ4v) is 4.47. The lowest BCUT2D eigenvalue weighted by atomic mass is 10.2. The van der Waals surface area contributed by atoms with Gasteiger partial charge in [-0.3, -0.25) is 4.72 Å². The van der Waals surface area contributed by atoms with Crippen molar-refractivity contribution in [2.24, 2.45) is 0 Å². The predicted octanol–water partition coefficient (Wildman–Crippen LogP) is 5.57. The number of para-hydroxylation sites is 2. The fraction of sp³-hybridized carbons (Fsp3) is 0.0952. The number of anilines is 3. The van der Waals surface area contributed by atoms with E-state index in [4.69, 9.17) is 23.8 Å². The highest BCUT2D eigenvalue weighted by atomic mass is 35.5. The first-order valence-corrected chi connectivity index (χ1v) is 11.0.